The Labute approximate surface area is 179 Å². The number of halogens is 1. The lowest BCUT2D eigenvalue weighted by Gasteiger charge is -2.10. The minimum atomic E-state index is -0.0715. The van der Waals surface area contributed by atoms with Gasteiger partial charge < -0.3 is 14.6 Å². The number of benzene rings is 2. The van der Waals surface area contributed by atoms with Gasteiger partial charge in [0.25, 0.3) is 0 Å². The molecule has 29 heavy (non-hydrogen) atoms. The number of carbonyl (C=O) groups excluding carboxylic acids is 1. The summed E-state index contributed by atoms with van der Waals surface area (Å²) in [4.78, 5) is 12.1. The fourth-order valence-electron chi connectivity index (χ4n) is 2.77. The summed E-state index contributed by atoms with van der Waals surface area (Å²) in [5.41, 5.74) is 2.20. The van der Waals surface area contributed by atoms with Gasteiger partial charge >= 0.3 is 0 Å². The van der Waals surface area contributed by atoms with E-state index in [-0.39, 0.29) is 11.7 Å². The molecule has 0 radical (unpaired) electrons. The molecule has 0 aliphatic carbocycles. The van der Waals surface area contributed by atoms with Crippen molar-refractivity contribution >= 4 is 29.3 Å². The number of nitrogens with zero attached hydrogens (tertiary/aromatic N) is 3. The molecule has 6 nitrogen and oxygen atoms in total. The van der Waals surface area contributed by atoms with Gasteiger partial charge in [0.1, 0.15) is 12.4 Å². The van der Waals surface area contributed by atoms with E-state index < -0.39 is 0 Å². The van der Waals surface area contributed by atoms with Crippen molar-refractivity contribution in [2.45, 2.75) is 25.5 Å². The van der Waals surface area contributed by atoms with Crippen LogP contribution >= 0.6 is 23.4 Å². The van der Waals surface area contributed by atoms with Crippen LogP contribution in [-0.4, -0.2) is 39.6 Å². The smallest absolute Gasteiger partial charge is 0.230 e. The molecular formula is C21H23ClN4O2S. The Morgan fingerprint density at radius 1 is 1.17 bits per heavy atom. The fraction of sp³-hybridized carbons (Fsp3) is 0.286. The standard InChI is InChI=1S/C21H23ClN4O2S/c1-3-26-20(18-7-5-4-6-15(18)2)24-25-21(26)29-14-19(27)23-12-13-28-17-10-8-16(22)9-11-17/h4-11H,3,12-14H2,1-2H3,(H,23,27). The van der Waals surface area contributed by atoms with Gasteiger partial charge in [-0.05, 0) is 43.7 Å². The fourth-order valence-corrected chi connectivity index (χ4v) is 3.73. The third kappa shape index (κ3) is 5.74. The van der Waals surface area contributed by atoms with Crippen LogP contribution in [0.4, 0.5) is 0 Å². The highest BCUT2D eigenvalue weighted by atomic mass is 35.5. The first-order chi connectivity index (χ1) is 14.1. The van der Waals surface area contributed by atoms with Crippen molar-refractivity contribution < 1.29 is 9.53 Å². The molecule has 1 heterocycles. The molecule has 0 saturated carbocycles. The summed E-state index contributed by atoms with van der Waals surface area (Å²) >= 11 is 7.22. The summed E-state index contributed by atoms with van der Waals surface area (Å²) in [6, 6.07) is 15.2. The van der Waals surface area contributed by atoms with Crippen molar-refractivity contribution in [3.8, 4) is 17.1 Å². The number of thioether (sulfide) groups is 1. The summed E-state index contributed by atoms with van der Waals surface area (Å²) in [7, 11) is 0. The highest BCUT2D eigenvalue weighted by molar-refractivity contribution is 7.99. The van der Waals surface area contributed by atoms with E-state index in [2.05, 4.69) is 28.5 Å². The zero-order valence-electron chi connectivity index (χ0n) is 16.4. The molecule has 0 aliphatic heterocycles. The quantitative estimate of drug-likeness (QED) is 0.406. The van der Waals surface area contributed by atoms with E-state index >= 15 is 0 Å². The number of rotatable bonds is 9. The largest absolute Gasteiger partial charge is 0.492 e. The molecule has 0 saturated heterocycles. The molecular weight excluding hydrogens is 408 g/mol. The van der Waals surface area contributed by atoms with Crippen molar-refractivity contribution in [1.29, 1.82) is 0 Å². The summed E-state index contributed by atoms with van der Waals surface area (Å²) in [6.45, 7) is 5.65. The Kier molecular flexibility index (Phi) is 7.55. The first kappa shape index (κ1) is 21.2. The lowest BCUT2D eigenvalue weighted by atomic mass is 10.1. The lowest BCUT2D eigenvalue weighted by Crippen LogP contribution is -2.29. The first-order valence-electron chi connectivity index (χ1n) is 9.35. The minimum absolute atomic E-state index is 0.0715. The predicted octanol–water partition coefficient (Wildman–Crippen LogP) is 4.21. The number of hydrogen-bond acceptors (Lipinski definition) is 5. The molecule has 0 fully saturated rings. The topological polar surface area (TPSA) is 69.0 Å². The van der Waals surface area contributed by atoms with Gasteiger partial charge in [0, 0.05) is 17.1 Å². The zero-order chi connectivity index (χ0) is 20.6. The molecule has 152 valence electrons. The van der Waals surface area contributed by atoms with Gasteiger partial charge in [-0.1, -0.05) is 47.6 Å². The maximum absolute atomic E-state index is 12.1. The lowest BCUT2D eigenvalue weighted by molar-refractivity contribution is -0.118. The molecule has 0 unspecified atom stereocenters. The van der Waals surface area contributed by atoms with Crippen LogP contribution in [0.25, 0.3) is 11.4 Å². The molecule has 1 aromatic heterocycles. The van der Waals surface area contributed by atoms with Gasteiger partial charge in [0.05, 0.1) is 12.3 Å². The zero-order valence-corrected chi connectivity index (χ0v) is 18.0. The van der Waals surface area contributed by atoms with E-state index in [4.69, 9.17) is 16.3 Å². The van der Waals surface area contributed by atoms with Gasteiger partial charge in [0.2, 0.25) is 5.91 Å². The highest BCUT2D eigenvalue weighted by Gasteiger charge is 2.15. The minimum Gasteiger partial charge on any atom is -0.492 e. The molecule has 0 atom stereocenters. The van der Waals surface area contributed by atoms with Crippen molar-refractivity contribution in [2.24, 2.45) is 0 Å². The molecule has 2 aromatic carbocycles. The van der Waals surface area contributed by atoms with Crippen LogP contribution in [0.3, 0.4) is 0 Å². The molecule has 1 amide bonds. The van der Waals surface area contributed by atoms with E-state index in [0.717, 1.165) is 34.4 Å². The molecule has 0 spiro atoms. The second-order valence-corrected chi connectivity index (χ2v) is 7.69. The van der Waals surface area contributed by atoms with Crippen molar-refractivity contribution in [1.82, 2.24) is 20.1 Å². The number of nitrogens with one attached hydrogen (secondary N) is 1. The molecule has 1 N–H and O–H groups in total. The average Bonchev–Trinajstić information content (AvgIpc) is 3.14. The summed E-state index contributed by atoms with van der Waals surface area (Å²) in [5.74, 6) is 1.74. The molecule has 8 heteroatoms. The molecule has 3 aromatic rings. The van der Waals surface area contributed by atoms with Crippen LogP contribution in [0.2, 0.25) is 5.02 Å². The monoisotopic (exact) mass is 430 g/mol. The maximum Gasteiger partial charge on any atom is 0.230 e. The molecule has 3 rings (SSSR count). The highest BCUT2D eigenvalue weighted by Crippen LogP contribution is 2.26. The number of carbonyl (C=O) groups is 1. The Morgan fingerprint density at radius 3 is 2.66 bits per heavy atom. The first-order valence-corrected chi connectivity index (χ1v) is 10.7. The second-order valence-electron chi connectivity index (χ2n) is 6.31. The Balaban J connectivity index is 1.49. The van der Waals surface area contributed by atoms with E-state index in [0.29, 0.717) is 18.2 Å². The van der Waals surface area contributed by atoms with Crippen LogP contribution in [0.15, 0.2) is 53.7 Å². The maximum atomic E-state index is 12.1. The Morgan fingerprint density at radius 2 is 1.93 bits per heavy atom. The van der Waals surface area contributed by atoms with E-state index in [9.17, 15) is 4.79 Å². The number of aromatic nitrogens is 3. The van der Waals surface area contributed by atoms with Gasteiger partial charge in [-0.3, -0.25) is 4.79 Å². The summed E-state index contributed by atoms with van der Waals surface area (Å²) < 4.78 is 7.60. The third-order valence-corrected chi connectivity index (χ3v) is 5.48. The van der Waals surface area contributed by atoms with Crippen LogP contribution in [-0.2, 0) is 11.3 Å². The van der Waals surface area contributed by atoms with Crippen LogP contribution in [0.1, 0.15) is 12.5 Å². The normalized spacial score (nSPS) is 10.7. The Bertz CT molecular complexity index is 960. The summed E-state index contributed by atoms with van der Waals surface area (Å²) in [5, 5.41) is 12.9. The van der Waals surface area contributed by atoms with Gasteiger partial charge in [-0.25, -0.2) is 0 Å². The average molecular weight is 431 g/mol. The third-order valence-electron chi connectivity index (χ3n) is 4.26. The van der Waals surface area contributed by atoms with E-state index in [1.54, 1.807) is 24.3 Å². The molecule has 0 bridgehead atoms. The van der Waals surface area contributed by atoms with E-state index in [1.165, 1.54) is 11.8 Å². The number of aryl methyl sites for hydroxylation is 1. The number of ether oxygens (including phenoxy) is 1. The SMILES string of the molecule is CCn1c(SCC(=O)NCCOc2ccc(Cl)cc2)nnc1-c1ccccc1C. The van der Waals surface area contributed by atoms with Crippen molar-refractivity contribution in [3.05, 3.63) is 59.1 Å². The van der Waals surface area contributed by atoms with Crippen molar-refractivity contribution in [2.75, 3.05) is 18.9 Å². The van der Waals surface area contributed by atoms with Gasteiger partial charge in [-0.15, -0.1) is 10.2 Å². The second kappa shape index (κ2) is 10.3. The Hall–Kier alpha value is -2.51. The summed E-state index contributed by atoms with van der Waals surface area (Å²) in [6.07, 6.45) is 0. The van der Waals surface area contributed by atoms with Crippen LogP contribution < -0.4 is 10.1 Å². The number of hydrogen-bond donors (Lipinski definition) is 1. The van der Waals surface area contributed by atoms with Crippen molar-refractivity contribution in [3.63, 3.8) is 0 Å². The van der Waals surface area contributed by atoms with Crippen LogP contribution in [0, 0.1) is 6.92 Å². The molecule has 0 aliphatic rings. The van der Waals surface area contributed by atoms with Gasteiger partial charge in [-0.2, -0.15) is 0 Å². The van der Waals surface area contributed by atoms with E-state index in [1.807, 2.05) is 29.7 Å². The number of amides is 1. The van der Waals surface area contributed by atoms with Crippen LogP contribution in [0.5, 0.6) is 5.75 Å². The predicted molar refractivity (Wildman–Crippen MR) is 117 cm³/mol. The van der Waals surface area contributed by atoms with Gasteiger partial charge in [0.15, 0.2) is 11.0 Å².